The SMILES string of the molecule is C=CCCCCc1cccc2c1[nH]c(=O)n2C(C)C. The Morgan fingerprint density at radius 1 is 1.37 bits per heavy atom. The van der Waals surface area contributed by atoms with Crippen molar-refractivity contribution in [1.82, 2.24) is 9.55 Å². The Morgan fingerprint density at radius 3 is 2.84 bits per heavy atom. The van der Waals surface area contributed by atoms with Gasteiger partial charge in [-0.3, -0.25) is 4.57 Å². The number of nitrogens with one attached hydrogen (secondary N) is 1. The first-order valence-corrected chi connectivity index (χ1v) is 6.98. The molecule has 0 aliphatic rings. The first kappa shape index (κ1) is 13.7. The minimum absolute atomic E-state index is 0.0106. The molecule has 2 aromatic rings. The zero-order chi connectivity index (χ0) is 13.8. The van der Waals surface area contributed by atoms with Crippen LogP contribution in [-0.4, -0.2) is 9.55 Å². The fourth-order valence-electron chi connectivity index (χ4n) is 2.53. The Bertz CT molecular complexity index is 619. The molecular formula is C16H22N2O. The summed E-state index contributed by atoms with van der Waals surface area (Å²) in [5.41, 5.74) is 3.24. The van der Waals surface area contributed by atoms with Crippen LogP contribution < -0.4 is 5.69 Å². The maximum absolute atomic E-state index is 12.0. The maximum atomic E-state index is 12.0. The van der Waals surface area contributed by atoms with Crippen molar-refractivity contribution in [3.8, 4) is 0 Å². The second kappa shape index (κ2) is 5.91. The van der Waals surface area contributed by atoms with Gasteiger partial charge in [-0.1, -0.05) is 18.2 Å². The lowest BCUT2D eigenvalue weighted by Gasteiger charge is -2.07. The summed E-state index contributed by atoms with van der Waals surface area (Å²) < 4.78 is 1.82. The largest absolute Gasteiger partial charge is 0.326 e. The summed E-state index contributed by atoms with van der Waals surface area (Å²) in [6.07, 6.45) is 6.29. The molecule has 3 nitrogen and oxygen atoms in total. The number of para-hydroxylation sites is 1. The number of aromatic amines is 1. The average molecular weight is 258 g/mol. The first-order chi connectivity index (χ1) is 9.15. The molecule has 102 valence electrons. The van der Waals surface area contributed by atoms with E-state index >= 15 is 0 Å². The molecule has 0 amide bonds. The van der Waals surface area contributed by atoms with Crippen molar-refractivity contribution >= 4 is 11.0 Å². The Labute approximate surface area is 114 Å². The van der Waals surface area contributed by atoms with Crippen LogP contribution in [0.15, 0.2) is 35.6 Å². The van der Waals surface area contributed by atoms with E-state index in [-0.39, 0.29) is 11.7 Å². The molecule has 1 heterocycles. The number of unbranched alkanes of at least 4 members (excludes halogenated alkanes) is 2. The zero-order valence-electron chi connectivity index (χ0n) is 11.8. The van der Waals surface area contributed by atoms with Gasteiger partial charge in [0.2, 0.25) is 0 Å². The van der Waals surface area contributed by atoms with Gasteiger partial charge in [0.1, 0.15) is 0 Å². The number of benzene rings is 1. The number of hydrogen-bond acceptors (Lipinski definition) is 1. The quantitative estimate of drug-likeness (QED) is 0.621. The molecule has 0 aliphatic carbocycles. The maximum Gasteiger partial charge on any atom is 0.326 e. The van der Waals surface area contributed by atoms with E-state index in [4.69, 9.17) is 0 Å². The number of aryl methyl sites for hydroxylation is 1. The molecule has 2 rings (SSSR count). The highest BCUT2D eigenvalue weighted by Gasteiger charge is 2.11. The molecule has 0 radical (unpaired) electrons. The molecule has 19 heavy (non-hydrogen) atoms. The van der Waals surface area contributed by atoms with Crippen LogP contribution in [0.3, 0.4) is 0 Å². The van der Waals surface area contributed by atoms with E-state index in [1.54, 1.807) is 0 Å². The van der Waals surface area contributed by atoms with Crippen LogP contribution in [0.2, 0.25) is 0 Å². The highest BCUT2D eigenvalue weighted by Crippen LogP contribution is 2.20. The summed E-state index contributed by atoms with van der Waals surface area (Å²) >= 11 is 0. The summed E-state index contributed by atoms with van der Waals surface area (Å²) in [5.74, 6) is 0. The molecule has 0 bridgehead atoms. The predicted octanol–water partition coefficient (Wildman–Crippen LogP) is 3.81. The Morgan fingerprint density at radius 2 is 2.16 bits per heavy atom. The molecule has 0 aliphatic heterocycles. The second-order valence-electron chi connectivity index (χ2n) is 5.24. The van der Waals surface area contributed by atoms with Gasteiger partial charge in [0.15, 0.2) is 0 Å². The van der Waals surface area contributed by atoms with Crippen molar-refractivity contribution < 1.29 is 0 Å². The standard InChI is InChI=1S/C16H22N2O/c1-4-5-6-7-9-13-10-8-11-14-15(13)17-16(19)18(14)12(2)3/h4,8,10-12H,1,5-7,9H2,2-3H3,(H,17,19). The van der Waals surface area contributed by atoms with Crippen LogP contribution in [0.4, 0.5) is 0 Å². The van der Waals surface area contributed by atoms with Crippen LogP contribution in [0.5, 0.6) is 0 Å². The van der Waals surface area contributed by atoms with Crippen molar-refractivity contribution in [3.63, 3.8) is 0 Å². The topological polar surface area (TPSA) is 37.8 Å². The molecule has 1 N–H and O–H groups in total. The zero-order valence-corrected chi connectivity index (χ0v) is 11.8. The first-order valence-electron chi connectivity index (χ1n) is 6.98. The van der Waals surface area contributed by atoms with E-state index in [0.717, 1.165) is 36.7 Å². The van der Waals surface area contributed by atoms with Gasteiger partial charge in [-0.05, 0) is 51.2 Å². The van der Waals surface area contributed by atoms with Crippen LogP contribution in [0, 0.1) is 0 Å². The molecule has 1 aromatic carbocycles. The minimum atomic E-state index is -0.0106. The van der Waals surface area contributed by atoms with Gasteiger partial charge in [0.25, 0.3) is 0 Å². The Kier molecular flexibility index (Phi) is 4.25. The van der Waals surface area contributed by atoms with Gasteiger partial charge in [-0.15, -0.1) is 6.58 Å². The molecule has 0 fully saturated rings. The van der Waals surface area contributed by atoms with Gasteiger partial charge < -0.3 is 4.98 Å². The molecule has 0 saturated heterocycles. The van der Waals surface area contributed by atoms with Gasteiger partial charge in [0, 0.05) is 6.04 Å². The normalized spacial score (nSPS) is 11.3. The van der Waals surface area contributed by atoms with Gasteiger partial charge >= 0.3 is 5.69 Å². The number of hydrogen-bond donors (Lipinski definition) is 1. The minimum Gasteiger partial charge on any atom is -0.305 e. The third kappa shape index (κ3) is 2.80. The average Bonchev–Trinajstić information content (AvgIpc) is 2.71. The number of allylic oxidation sites excluding steroid dienone is 1. The van der Waals surface area contributed by atoms with Crippen LogP contribution in [0.1, 0.15) is 44.7 Å². The number of aromatic nitrogens is 2. The van der Waals surface area contributed by atoms with Crippen molar-refractivity contribution in [2.24, 2.45) is 0 Å². The van der Waals surface area contributed by atoms with Gasteiger partial charge in [0.05, 0.1) is 11.0 Å². The lowest BCUT2D eigenvalue weighted by Crippen LogP contribution is -2.18. The third-order valence-electron chi connectivity index (χ3n) is 3.46. The smallest absolute Gasteiger partial charge is 0.305 e. The van der Waals surface area contributed by atoms with E-state index in [0.29, 0.717) is 0 Å². The number of fused-ring (bicyclic) bond motifs is 1. The summed E-state index contributed by atoms with van der Waals surface area (Å²) in [6, 6.07) is 6.34. The molecule has 3 heteroatoms. The molecule has 1 aromatic heterocycles. The Hall–Kier alpha value is -1.77. The number of rotatable bonds is 6. The van der Waals surface area contributed by atoms with Crippen molar-refractivity contribution in [2.75, 3.05) is 0 Å². The highest BCUT2D eigenvalue weighted by molar-refractivity contribution is 5.79. The number of imidazole rings is 1. The molecule has 0 spiro atoms. The lowest BCUT2D eigenvalue weighted by atomic mass is 10.1. The lowest BCUT2D eigenvalue weighted by molar-refractivity contribution is 0.598. The van der Waals surface area contributed by atoms with Crippen molar-refractivity contribution in [3.05, 3.63) is 46.9 Å². The predicted molar refractivity (Wildman–Crippen MR) is 80.7 cm³/mol. The van der Waals surface area contributed by atoms with Crippen molar-refractivity contribution in [2.45, 2.75) is 45.6 Å². The summed E-state index contributed by atoms with van der Waals surface area (Å²) in [5, 5.41) is 0. The van der Waals surface area contributed by atoms with Crippen LogP contribution >= 0.6 is 0 Å². The van der Waals surface area contributed by atoms with E-state index < -0.39 is 0 Å². The fraction of sp³-hybridized carbons (Fsp3) is 0.438. The summed E-state index contributed by atoms with van der Waals surface area (Å²) in [7, 11) is 0. The van der Waals surface area contributed by atoms with E-state index in [1.807, 2.05) is 36.6 Å². The monoisotopic (exact) mass is 258 g/mol. The number of nitrogens with zero attached hydrogens (tertiary/aromatic N) is 1. The molecule has 0 saturated carbocycles. The fourth-order valence-corrected chi connectivity index (χ4v) is 2.53. The highest BCUT2D eigenvalue weighted by atomic mass is 16.1. The molecule has 0 unspecified atom stereocenters. The van der Waals surface area contributed by atoms with Crippen LogP contribution in [0.25, 0.3) is 11.0 Å². The molecular weight excluding hydrogens is 236 g/mol. The Balaban J connectivity index is 2.33. The van der Waals surface area contributed by atoms with E-state index in [1.165, 1.54) is 5.56 Å². The van der Waals surface area contributed by atoms with E-state index in [2.05, 4.69) is 17.6 Å². The molecule has 0 atom stereocenters. The summed E-state index contributed by atoms with van der Waals surface area (Å²) in [6.45, 7) is 7.81. The number of H-pyrrole nitrogens is 1. The summed E-state index contributed by atoms with van der Waals surface area (Å²) in [4.78, 5) is 15.0. The van der Waals surface area contributed by atoms with Gasteiger partial charge in [-0.25, -0.2) is 4.79 Å². The third-order valence-corrected chi connectivity index (χ3v) is 3.46. The van der Waals surface area contributed by atoms with Crippen LogP contribution in [-0.2, 0) is 6.42 Å². The second-order valence-corrected chi connectivity index (χ2v) is 5.24. The van der Waals surface area contributed by atoms with Crippen molar-refractivity contribution in [1.29, 1.82) is 0 Å². The van der Waals surface area contributed by atoms with Gasteiger partial charge in [-0.2, -0.15) is 0 Å². The van der Waals surface area contributed by atoms with E-state index in [9.17, 15) is 4.79 Å².